The van der Waals surface area contributed by atoms with Crippen LogP contribution >= 0.6 is 7.82 Å². The first-order chi connectivity index (χ1) is 37.9. The lowest BCUT2D eigenvalue weighted by Crippen LogP contribution is -2.47. The number of ether oxygens (including phenoxy) is 1. The van der Waals surface area contributed by atoms with E-state index in [9.17, 15) is 19.0 Å². The van der Waals surface area contributed by atoms with Crippen molar-refractivity contribution < 1.29 is 37.3 Å². The van der Waals surface area contributed by atoms with Crippen LogP contribution in [0.4, 0.5) is 0 Å². The lowest BCUT2D eigenvalue weighted by Gasteiger charge is -2.27. The van der Waals surface area contributed by atoms with E-state index < -0.39 is 20.0 Å². The number of allylic oxidation sites excluding steroid dienone is 19. The average molecular weight is 1110 g/mol. The predicted octanol–water partition coefficient (Wildman–Crippen LogP) is 19.5. The Balaban J connectivity index is 5.15. The Labute approximate surface area is 480 Å². The van der Waals surface area contributed by atoms with Crippen molar-refractivity contribution in [1.82, 2.24) is 5.32 Å². The van der Waals surface area contributed by atoms with Gasteiger partial charge in [0.05, 0.1) is 33.8 Å². The topological polar surface area (TPSA) is 111 Å². The van der Waals surface area contributed by atoms with Crippen LogP contribution < -0.4 is 5.32 Å². The van der Waals surface area contributed by atoms with Gasteiger partial charge in [0.15, 0.2) is 0 Å². The molecule has 1 amide bonds. The molecule has 3 unspecified atom stereocenters. The average Bonchev–Trinajstić information content (AvgIpc) is 3.40. The number of quaternary nitrogens is 1. The second-order valence-corrected chi connectivity index (χ2v) is 23.3. The van der Waals surface area contributed by atoms with Gasteiger partial charge in [-0.2, -0.15) is 0 Å². The number of hydrogen-bond acceptors (Lipinski definition) is 6. The summed E-state index contributed by atoms with van der Waals surface area (Å²) in [5, 5.41) is 3.04. The Hall–Kier alpha value is -3.59. The summed E-state index contributed by atoms with van der Waals surface area (Å²) in [6.45, 7) is 6.73. The fraction of sp³-hybridized carbons (Fsp3) is 0.676. The van der Waals surface area contributed by atoms with Crippen molar-refractivity contribution in [1.29, 1.82) is 0 Å². The summed E-state index contributed by atoms with van der Waals surface area (Å²) in [4.78, 5) is 37.7. The minimum absolute atomic E-state index is 0.0286. The maximum atomic E-state index is 13.6. The molecule has 0 saturated heterocycles. The Bertz CT molecular complexity index is 1750. The van der Waals surface area contributed by atoms with Crippen LogP contribution in [-0.2, 0) is 27.9 Å². The Morgan fingerprint density at radius 1 is 0.474 bits per heavy atom. The van der Waals surface area contributed by atoms with Crippen molar-refractivity contribution in [2.24, 2.45) is 0 Å². The van der Waals surface area contributed by atoms with Crippen molar-refractivity contribution >= 4 is 19.7 Å². The van der Waals surface area contributed by atoms with E-state index in [0.717, 1.165) is 128 Å². The van der Waals surface area contributed by atoms with Crippen LogP contribution in [0.2, 0.25) is 0 Å². The number of amides is 1. The second kappa shape index (κ2) is 56.7. The number of nitrogens with zero attached hydrogens (tertiary/aromatic N) is 1. The molecule has 3 atom stereocenters. The van der Waals surface area contributed by atoms with Gasteiger partial charge < -0.3 is 19.4 Å². The molecule has 10 heteroatoms. The number of unbranched alkanes of at least 4 members (excludes halogenated alkanes) is 23. The van der Waals surface area contributed by atoms with E-state index in [-0.39, 0.29) is 31.5 Å². The first kappa shape index (κ1) is 74.4. The zero-order valence-electron chi connectivity index (χ0n) is 50.9. The van der Waals surface area contributed by atoms with Gasteiger partial charge in [-0.3, -0.25) is 18.6 Å². The molecule has 9 nitrogen and oxygen atoms in total. The van der Waals surface area contributed by atoms with Gasteiger partial charge in [0.25, 0.3) is 0 Å². The van der Waals surface area contributed by atoms with E-state index in [0.29, 0.717) is 23.9 Å². The van der Waals surface area contributed by atoms with E-state index >= 15 is 0 Å². The number of hydrogen-bond donors (Lipinski definition) is 2. The molecule has 0 saturated carbocycles. The third-order valence-electron chi connectivity index (χ3n) is 13.2. The third-order valence-corrected chi connectivity index (χ3v) is 14.2. The Morgan fingerprint density at radius 2 is 0.885 bits per heavy atom. The lowest BCUT2D eigenvalue weighted by atomic mass is 10.0. The molecule has 78 heavy (non-hydrogen) atoms. The van der Waals surface area contributed by atoms with Crippen LogP contribution in [0.25, 0.3) is 0 Å². The standard InChI is InChI=1S/C68H117N2O7P/c1-7-10-13-16-19-22-25-28-29-30-31-32-33-34-35-36-37-38-39-40-41-43-45-48-51-54-57-60-67(71)69-65(64-76-78(73,74)75-63-62-70(4,5)6)66(59-56-53-50-47-44-27-24-21-18-15-12-9-3)77-68(72)61-58-55-52-49-46-42-26-23-20-17-14-11-8-2/h10-11,13-14,17,19-20,22-23,26,28-29,31-32,34-35,37-38,56,59,65-66H,7-9,12,15-16,18,21,24-25,27,30,33,36,39-55,57-58,60-64H2,1-6H3,(H-,69,71,73,74)/p+1/b13-10-,14-11+,20-17+,22-19-,26-23-,29-28-,32-31-,35-34-,38-37-,59-56-. The van der Waals surface area contributed by atoms with Gasteiger partial charge in [-0.25, -0.2) is 4.57 Å². The van der Waals surface area contributed by atoms with E-state index in [1.165, 1.54) is 77.0 Å². The van der Waals surface area contributed by atoms with Gasteiger partial charge >= 0.3 is 13.8 Å². The fourth-order valence-corrected chi connectivity index (χ4v) is 9.15. The first-order valence-corrected chi connectivity index (χ1v) is 32.9. The molecule has 0 spiro atoms. The van der Waals surface area contributed by atoms with Crippen LogP contribution in [0.3, 0.4) is 0 Å². The number of phosphoric ester groups is 1. The SMILES string of the molecule is CC/C=C\C/C=C\C/C=C\C/C=C\C/C=C\C/C=C\CCCCCCCCCCC(=O)NC(COP(=O)(O)OCC[N+](C)(C)C)C(/C=C\CCCCCCCCCCCC)OC(=O)CCCCCCC\C=C/C=C/C=C/CC. The highest BCUT2D eigenvalue weighted by atomic mass is 31.2. The molecule has 0 bridgehead atoms. The maximum Gasteiger partial charge on any atom is 0.472 e. The number of carbonyl (C=O) groups excluding carboxylic acids is 2. The van der Waals surface area contributed by atoms with Gasteiger partial charge in [-0.15, -0.1) is 0 Å². The lowest BCUT2D eigenvalue weighted by molar-refractivity contribution is -0.870. The van der Waals surface area contributed by atoms with E-state index in [2.05, 4.69) is 135 Å². The monoisotopic (exact) mass is 1110 g/mol. The maximum absolute atomic E-state index is 13.6. The van der Waals surface area contributed by atoms with Gasteiger partial charge in [-0.05, 0) is 102 Å². The number of carbonyl (C=O) groups is 2. The van der Waals surface area contributed by atoms with Gasteiger partial charge in [0.1, 0.15) is 19.3 Å². The van der Waals surface area contributed by atoms with E-state index in [1.807, 2.05) is 33.3 Å². The van der Waals surface area contributed by atoms with E-state index in [1.54, 1.807) is 0 Å². The normalized spacial score (nSPS) is 14.5. The highest BCUT2D eigenvalue weighted by Gasteiger charge is 2.30. The molecule has 0 aromatic heterocycles. The number of nitrogens with one attached hydrogen (secondary N) is 1. The molecule has 0 rings (SSSR count). The summed E-state index contributed by atoms with van der Waals surface area (Å²) in [5.74, 6) is -0.546. The van der Waals surface area contributed by atoms with Crippen LogP contribution in [0.1, 0.15) is 245 Å². The number of likely N-dealkylation sites (N-methyl/N-ethyl adjacent to an activating group) is 1. The number of rotatable bonds is 55. The highest BCUT2D eigenvalue weighted by Crippen LogP contribution is 2.43. The molecule has 0 aliphatic rings. The van der Waals surface area contributed by atoms with Crippen molar-refractivity contribution in [2.75, 3.05) is 40.9 Å². The van der Waals surface area contributed by atoms with E-state index in [4.69, 9.17) is 13.8 Å². The van der Waals surface area contributed by atoms with Crippen molar-refractivity contribution in [3.63, 3.8) is 0 Å². The largest absolute Gasteiger partial charge is 0.472 e. The van der Waals surface area contributed by atoms with Gasteiger partial charge in [0.2, 0.25) is 5.91 Å². The third kappa shape index (κ3) is 57.1. The van der Waals surface area contributed by atoms with Crippen LogP contribution in [0.5, 0.6) is 0 Å². The summed E-state index contributed by atoms with van der Waals surface area (Å²) < 4.78 is 30.6. The minimum Gasteiger partial charge on any atom is -0.456 e. The fourth-order valence-electron chi connectivity index (χ4n) is 8.41. The molecular weight excluding hydrogens is 988 g/mol. The zero-order valence-corrected chi connectivity index (χ0v) is 51.8. The molecule has 0 radical (unpaired) electrons. The minimum atomic E-state index is -4.46. The molecule has 446 valence electrons. The van der Waals surface area contributed by atoms with Crippen molar-refractivity contribution in [3.8, 4) is 0 Å². The van der Waals surface area contributed by atoms with Crippen molar-refractivity contribution in [3.05, 3.63) is 122 Å². The first-order valence-electron chi connectivity index (χ1n) is 31.4. The van der Waals surface area contributed by atoms with Gasteiger partial charge in [0, 0.05) is 12.8 Å². The molecule has 0 aliphatic carbocycles. The molecule has 0 heterocycles. The number of esters is 1. The molecule has 0 aliphatic heterocycles. The molecule has 0 fully saturated rings. The Morgan fingerprint density at radius 3 is 1.37 bits per heavy atom. The summed E-state index contributed by atoms with van der Waals surface area (Å²) in [6, 6.07) is -0.869. The summed E-state index contributed by atoms with van der Waals surface area (Å²) in [7, 11) is 1.46. The molecule has 2 N–H and O–H groups in total. The zero-order chi connectivity index (χ0) is 57.2. The van der Waals surface area contributed by atoms with Crippen LogP contribution in [0.15, 0.2) is 122 Å². The summed E-state index contributed by atoms with van der Waals surface area (Å²) in [5.41, 5.74) is 0. The predicted molar refractivity (Wildman–Crippen MR) is 336 cm³/mol. The van der Waals surface area contributed by atoms with Crippen LogP contribution in [-0.4, -0.2) is 74.3 Å². The molecule has 0 aromatic carbocycles. The van der Waals surface area contributed by atoms with Gasteiger partial charge in [-0.1, -0.05) is 252 Å². The smallest absolute Gasteiger partial charge is 0.456 e. The Kier molecular flexibility index (Phi) is 54.1. The second-order valence-electron chi connectivity index (χ2n) is 21.9. The number of phosphoric acid groups is 1. The highest BCUT2D eigenvalue weighted by molar-refractivity contribution is 7.47. The van der Waals surface area contributed by atoms with Crippen molar-refractivity contribution in [2.45, 2.75) is 258 Å². The molecule has 0 aromatic rings. The summed E-state index contributed by atoms with van der Waals surface area (Å²) in [6.07, 6.45) is 79.2. The quantitative estimate of drug-likeness (QED) is 0.0156. The molecular formula is C68H118N2O7P+. The summed E-state index contributed by atoms with van der Waals surface area (Å²) >= 11 is 0. The van der Waals surface area contributed by atoms with Crippen LogP contribution in [0, 0.1) is 0 Å².